The fourth-order valence-corrected chi connectivity index (χ4v) is 2.17. The Morgan fingerprint density at radius 3 is 3.05 bits per heavy atom. The minimum Gasteiger partial charge on any atom is -0.383 e. The number of nitrogens with one attached hydrogen (secondary N) is 2. The van der Waals surface area contributed by atoms with Crippen molar-refractivity contribution in [3.05, 3.63) is 53.3 Å². The molecule has 20 heavy (non-hydrogen) atoms. The highest BCUT2D eigenvalue weighted by Crippen LogP contribution is 2.19. The third kappa shape index (κ3) is 2.72. The fourth-order valence-electron chi connectivity index (χ4n) is 1.99. The molecule has 0 spiro atoms. The maximum Gasteiger partial charge on any atom is 0.125 e. The van der Waals surface area contributed by atoms with E-state index in [1.807, 2.05) is 6.07 Å². The molecule has 0 saturated carbocycles. The number of fused-ring (bicyclic) bond motifs is 1. The molecule has 3 rings (SSSR count). The number of hydrogen-bond donors (Lipinski definition) is 2. The summed E-state index contributed by atoms with van der Waals surface area (Å²) in [7, 11) is 0. The van der Waals surface area contributed by atoms with Gasteiger partial charge in [-0.25, -0.2) is 9.37 Å². The van der Waals surface area contributed by atoms with Crippen molar-refractivity contribution in [2.45, 2.75) is 6.42 Å². The maximum absolute atomic E-state index is 13.1. The van der Waals surface area contributed by atoms with Crippen LogP contribution in [0.1, 0.15) is 5.82 Å². The number of rotatable bonds is 4. The Morgan fingerprint density at radius 2 is 2.20 bits per heavy atom. The molecule has 102 valence electrons. The first-order valence-electron chi connectivity index (χ1n) is 6.20. The number of imidazole rings is 1. The van der Waals surface area contributed by atoms with Crippen LogP contribution in [-0.2, 0) is 6.42 Å². The van der Waals surface area contributed by atoms with E-state index in [9.17, 15) is 4.39 Å². The van der Waals surface area contributed by atoms with Crippen molar-refractivity contribution < 1.29 is 4.39 Å². The van der Waals surface area contributed by atoms with Gasteiger partial charge in [0.15, 0.2) is 0 Å². The zero-order valence-electron chi connectivity index (χ0n) is 10.5. The van der Waals surface area contributed by atoms with Crippen LogP contribution in [0.2, 0.25) is 5.02 Å². The molecule has 0 amide bonds. The van der Waals surface area contributed by atoms with Gasteiger partial charge >= 0.3 is 0 Å². The highest BCUT2D eigenvalue weighted by molar-refractivity contribution is 6.33. The van der Waals surface area contributed by atoms with E-state index in [2.05, 4.69) is 20.3 Å². The molecule has 4 nitrogen and oxygen atoms in total. The molecule has 0 fully saturated rings. The smallest absolute Gasteiger partial charge is 0.125 e. The van der Waals surface area contributed by atoms with E-state index in [0.717, 1.165) is 17.0 Å². The number of halogens is 2. The normalized spacial score (nSPS) is 10.9. The predicted octanol–water partition coefficient (Wildman–Crippen LogP) is 3.41. The van der Waals surface area contributed by atoms with Gasteiger partial charge in [-0.2, -0.15) is 0 Å². The van der Waals surface area contributed by atoms with Gasteiger partial charge in [0.2, 0.25) is 0 Å². The van der Waals surface area contributed by atoms with Crippen LogP contribution in [0.4, 0.5) is 10.1 Å². The summed E-state index contributed by atoms with van der Waals surface area (Å²) >= 11 is 6.00. The number of pyridine rings is 1. The minimum absolute atomic E-state index is 0.269. The van der Waals surface area contributed by atoms with E-state index >= 15 is 0 Å². The zero-order valence-corrected chi connectivity index (χ0v) is 11.3. The summed E-state index contributed by atoms with van der Waals surface area (Å²) in [6, 6.07) is 6.33. The average molecular weight is 291 g/mol. The van der Waals surface area contributed by atoms with Gasteiger partial charge in [-0.05, 0) is 24.3 Å². The Hall–Kier alpha value is -2.14. The van der Waals surface area contributed by atoms with Gasteiger partial charge in [-0.15, -0.1) is 0 Å². The van der Waals surface area contributed by atoms with Crippen LogP contribution in [0.5, 0.6) is 0 Å². The van der Waals surface area contributed by atoms with E-state index in [1.165, 1.54) is 12.1 Å². The van der Waals surface area contributed by atoms with Crippen LogP contribution in [-0.4, -0.2) is 21.5 Å². The predicted molar refractivity (Wildman–Crippen MR) is 77.5 cm³/mol. The number of benzene rings is 1. The summed E-state index contributed by atoms with van der Waals surface area (Å²) in [5.74, 6) is 0.540. The topological polar surface area (TPSA) is 53.6 Å². The van der Waals surface area contributed by atoms with Crippen LogP contribution in [0.3, 0.4) is 0 Å². The van der Waals surface area contributed by atoms with Crippen molar-refractivity contribution >= 4 is 28.3 Å². The number of H-pyrrole nitrogens is 1. The van der Waals surface area contributed by atoms with E-state index in [0.29, 0.717) is 23.5 Å². The summed E-state index contributed by atoms with van der Waals surface area (Å²) in [5.41, 5.74) is 2.31. The Balaban J connectivity index is 1.67. The standard InChI is InChI=1S/C14H12ClFN4/c15-10-8-17-5-3-11(10)18-6-4-14-19-12-2-1-9(16)7-13(12)20-14/h1-3,5,7-8H,4,6H2,(H,17,18)(H,19,20). The monoisotopic (exact) mass is 290 g/mol. The molecule has 2 aromatic heterocycles. The van der Waals surface area contributed by atoms with Gasteiger partial charge in [0.25, 0.3) is 0 Å². The van der Waals surface area contributed by atoms with E-state index in [-0.39, 0.29) is 5.82 Å². The second kappa shape index (κ2) is 5.46. The molecule has 3 aromatic rings. The number of hydrogen-bond acceptors (Lipinski definition) is 3. The number of aromatic nitrogens is 3. The van der Waals surface area contributed by atoms with Crippen molar-refractivity contribution in [2.75, 3.05) is 11.9 Å². The Morgan fingerprint density at radius 1 is 1.30 bits per heavy atom. The highest BCUT2D eigenvalue weighted by atomic mass is 35.5. The van der Waals surface area contributed by atoms with Gasteiger partial charge < -0.3 is 10.3 Å². The van der Waals surface area contributed by atoms with Crippen LogP contribution in [0.15, 0.2) is 36.7 Å². The average Bonchev–Trinajstić information content (AvgIpc) is 2.83. The van der Waals surface area contributed by atoms with E-state index in [1.54, 1.807) is 18.5 Å². The highest BCUT2D eigenvalue weighted by Gasteiger charge is 2.04. The fraction of sp³-hybridized carbons (Fsp3) is 0.143. The van der Waals surface area contributed by atoms with E-state index < -0.39 is 0 Å². The van der Waals surface area contributed by atoms with Crippen molar-refractivity contribution in [3.8, 4) is 0 Å². The lowest BCUT2D eigenvalue weighted by Crippen LogP contribution is -2.06. The zero-order chi connectivity index (χ0) is 13.9. The second-order valence-corrected chi connectivity index (χ2v) is 4.78. The van der Waals surface area contributed by atoms with Gasteiger partial charge in [-0.1, -0.05) is 11.6 Å². The molecular formula is C14H12ClFN4. The Kier molecular flexibility index (Phi) is 3.52. The molecule has 2 N–H and O–H groups in total. The molecule has 0 radical (unpaired) electrons. The molecule has 0 atom stereocenters. The molecular weight excluding hydrogens is 279 g/mol. The summed E-state index contributed by atoms with van der Waals surface area (Å²) < 4.78 is 13.1. The molecule has 0 aliphatic carbocycles. The van der Waals surface area contributed by atoms with Crippen molar-refractivity contribution in [2.24, 2.45) is 0 Å². The first kappa shape index (κ1) is 12.9. The van der Waals surface area contributed by atoms with Crippen LogP contribution in [0.25, 0.3) is 11.0 Å². The largest absolute Gasteiger partial charge is 0.383 e. The van der Waals surface area contributed by atoms with Crippen molar-refractivity contribution in [1.82, 2.24) is 15.0 Å². The molecule has 2 heterocycles. The van der Waals surface area contributed by atoms with E-state index in [4.69, 9.17) is 11.6 Å². The lowest BCUT2D eigenvalue weighted by atomic mass is 10.3. The Labute approximate surface area is 120 Å². The molecule has 0 saturated heterocycles. The number of nitrogens with zero attached hydrogens (tertiary/aromatic N) is 2. The molecule has 0 aliphatic rings. The van der Waals surface area contributed by atoms with Gasteiger partial charge in [0.05, 0.1) is 21.7 Å². The van der Waals surface area contributed by atoms with Crippen LogP contribution >= 0.6 is 11.6 Å². The quantitative estimate of drug-likeness (QED) is 0.774. The molecule has 0 bridgehead atoms. The maximum atomic E-state index is 13.1. The SMILES string of the molecule is Fc1ccc2nc(CCNc3ccncc3Cl)[nH]c2c1. The lowest BCUT2D eigenvalue weighted by Gasteiger charge is -2.06. The van der Waals surface area contributed by atoms with Gasteiger partial charge in [-0.3, -0.25) is 4.98 Å². The van der Waals surface area contributed by atoms with Gasteiger partial charge in [0.1, 0.15) is 11.6 Å². The molecule has 6 heteroatoms. The van der Waals surface area contributed by atoms with Crippen molar-refractivity contribution in [3.63, 3.8) is 0 Å². The van der Waals surface area contributed by atoms with Crippen molar-refractivity contribution in [1.29, 1.82) is 0 Å². The summed E-state index contributed by atoms with van der Waals surface area (Å²) in [6.07, 6.45) is 3.96. The molecule has 0 aliphatic heterocycles. The number of anilines is 1. The second-order valence-electron chi connectivity index (χ2n) is 4.38. The third-order valence-electron chi connectivity index (χ3n) is 2.94. The lowest BCUT2D eigenvalue weighted by molar-refractivity contribution is 0.629. The third-order valence-corrected chi connectivity index (χ3v) is 3.24. The summed E-state index contributed by atoms with van der Waals surface area (Å²) in [4.78, 5) is 11.4. The summed E-state index contributed by atoms with van der Waals surface area (Å²) in [5, 5.41) is 3.79. The Bertz CT molecular complexity index is 741. The van der Waals surface area contributed by atoms with Gasteiger partial charge in [0, 0.05) is 25.4 Å². The summed E-state index contributed by atoms with van der Waals surface area (Å²) in [6.45, 7) is 0.673. The first-order chi connectivity index (χ1) is 9.72. The van der Waals surface area contributed by atoms with Crippen LogP contribution < -0.4 is 5.32 Å². The molecule has 1 aromatic carbocycles. The molecule has 0 unspecified atom stereocenters. The minimum atomic E-state index is -0.269. The van der Waals surface area contributed by atoms with Crippen LogP contribution in [0, 0.1) is 5.82 Å². The number of aromatic amines is 1. The first-order valence-corrected chi connectivity index (χ1v) is 6.58.